The van der Waals surface area contributed by atoms with E-state index in [0.29, 0.717) is 6.04 Å². The zero-order valence-electron chi connectivity index (χ0n) is 11.6. The number of hydrogen-bond acceptors (Lipinski definition) is 3. The van der Waals surface area contributed by atoms with E-state index in [0.717, 1.165) is 43.6 Å². The van der Waals surface area contributed by atoms with Crippen LogP contribution in [0.4, 0.5) is 8.78 Å². The summed E-state index contributed by atoms with van der Waals surface area (Å²) in [5, 5.41) is 3.45. The molecule has 2 saturated heterocycles. The fraction of sp³-hybridized carbons (Fsp3) is 0.600. The number of benzene rings is 1. The number of ether oxygens (including phenoxy) is 1. The monoisotopic (exact) mass is 282 g/mol. The van der Waals surface area contributed by atoms with Crippen LogP contribution in [-0.4, -0.2) is 37.2 Å². The molecule has 0 bridgehead atoms. The Hall–Kier alpha value is -1.20. The van der Waals surface area contributed by atoms with Gasteiger partial charge in [0.15, 0.2) is 0 Å². The van der Waals surface area contributed by atoms with Gasteiger partial charge in [0.1, 0.15) is 5.75 Å². The first-order chi connectivity index (χ1) is 9.63. The maximum Gasteiger partial charge on any atom is 0.387 e. The molecule has 110 valence electrons. The van der Waals surface area contributed by atoms with Crippen LogP contribution in [0.5, 0.6) is 5.75 Å². The molecule has 3 nitrogen and oxygen atoms in total. The number of rotatable bonds is 4. The third-order valence-electron chi connectivity index (χ3n) is 4.59. The molecule has 1 aromatic rings. The van der Waals surface area contributed by atoms with Gasteiger partial charge in [0.25, 0.3) is 0 Å². The van der Waals surface area contributed by atoms with Crippen LogP contribution < -0.4 is 10.1 Å². The molecule has 2 fully saturated rings. The predicted molar refractivity (Wildman–Crippen MR) is 72.8 cm³/mol. The zero-order chi connectivity index (χ0) is 14.1. The van der Waals surface area contributed by atoms with Crippen molar-refractivity contribution in [2.75, 3.05) is 19.6 Å². The molecule has 20 heavy (non-hydrogen) atoms. The average Bonchev–Trinajstić information content (AvgIpc) is 2.96. The predicted octanol–water partition coefficient (Wildman–Crippen LogP) is 2.33. The Kier molecular flexibility index (Phi) is 3.89. The van der Waals surface area contributed by atoms with Gasteiger partial charge in [-0.2, -0.15) is 8.78 Å². The Balaban J connectivity index is 1.61. The standard InChI is InChI=1S/C15H20F2N2O/c1-10-14-7-18-6-12(14)9-19(10)8-11-2-4-13(5-3-11)20-15(16)17/h2-5,10,12,14-15,18H,6-9H2,1H3. The van der Waals surface area contributed by atoms with Gasteiger partial charge in [-0.15, -0.1) is 0 Å². The highest BCUT2D eigenvalue weighted by Crippen LogP contribution is 2.33. The fourth-order valence-corrected chi connectivity index (χ4v) is 3.48. The van der Waals surface area contributed by atoms with Crippen molar-refractivity contribution >= 4 is 0 Å². The van der Waals surface area contributed by atoms with Crippen molar-refractivity contribution < 1.29 is 13.5 Å². The maximum absolute atomic E-state index is 12.1. The van der Waals surface area contributed by atoms with Gasteiger partial charge in [-0.05, 0) is 49.5 Å². The molecule has 0 radical (unpaired) electrons. The first-order valence-corrected chi connectivity index (χ1v) is 7.12. The number of likely N-dealkylation sites (tertiary alicyclic amines) is 1. The lowest BCUT2D eigenvalue weighted by Crippen LogP contribution is -2.32. The van der Waals surface area contributed by atoms with E-state index < -0.39 is 6.61 Å². The smallest absolute Gasteiger partial charge is 0.387 e. The summed E-state index contributed by atoms with van der Waals surface area (Å²) in [6.45, 7) is 3.76. The lowest BCUT2D eigenvalue weighted by molar-refractivity contribution is -0.0498. The van der Waals surface area contributed by atoms with E-state index in [4.69, 9.17) is 0 Å². The van der Waals surface area contributed by atoms with Crippen LogP contribution in [-0.2, 0) is 6.54 Å². The van der Waals surface area contributed by atoms with Crippen LogP contribution in [0.3, 0.4) is 0 Å². The van der Waals surface area contributed by atoms with Crippen molar-refractivity contribution in [2.24, 2.45) is 11.8 Å². The minimum atomic E-state index is -2.76. The molecule has 1 N–H and O–H groups in total. The SMILES string of the molecule is CC1C2CNCC2CN1Cc1ccc(OC(F)F)cc1. The molecule has 0 saturated carbocycles. The van der Waals surface area contributed by atoms with E-state index in [9.17, 15) is 8.78 Å². The van der Waals surface area contributed by atoms with Gasteiger partial charge in [0.05, 0.1) is 0 Å². The second kappa shape index (κ2) is 5.66. The number of fused-ring (bicyclic) bond motifs is 1. The Morgan fingerprint density at radius 1 is 1.30 bits per heavy atom. The largest absolute Gasteiger partial charge is 0.435 e. The second-order valence-corrected chi connectivity index (χ2v) is 5.77. The van der Waals surface area contributed by atoms with E-state index in [1.165, 1.54) is 0 Å². The van der Waals surface area contributed by atoms with E-state index in [-0.39, 0.29) is 5.75 Å². The molecule has 0 spiro atoms. The van der Waals surface area contributed by atoms with E-state index in [2.05, 4.69) is 21.9 Å². The summed E-state index contributed by atoms with van der Waals surface area (Å²) in [7, 11) is 0. The minimum Gasteiger partial charge on any atom is -0.435 e. The van der Waals surface area contributed by atoms with Gasteiger partial charge in [0.2, 0.25) is 0 Å². The van der Waals surface area contributed by atoms with Crippen molar-refractivity contribution in [2.45, 2.75) is 26.1 Å². The van der Waals surface area contributed by atoms with Gasteiger partial charge in [-0.3, -0.25) is 4.90 Å². The summed E-state index contributed by atoms with van der Waals surface area (Å²) >= 11 is 0. The highest BCUT2D eigenvalue weighted by Gasteiger charge is 2.41. The Morgan fingerprint density at radius 2 is 2.05 bits per heavy atom. The van der Waals surface area contributed by atoms with Crippen molar-refractivity contribution in [3.05, 3.63) is 29.8 Å². The van der Waals surface area contributed by atoms with Gasteiger partial charge >= 0.3 is 6.61 Å². The molecule has 5 heteroatoms. The third kappa shape index (κ3) is 2.79. The summed E-state index contributed by atoms with van der Waals surface area (Å²) in [6.07, 6.45) is 0. The van der Waals surface area contributed by atoms with E-state index in [1.807, 2.05) is 12.1 Å². The Bertz CT molecular complexity index is 452. The molecule has 0 aliphatic carbocycles. The first kappa shape index (κ1) is 13.8. The Morgan fingerprint density at radius 3 is 2.70 bits per heavy atom. The Labute approximate surface area is 117 Å². The normalized spacial score (nSPS) is 29.9. The molecular formula is C15H20F2N2O. The minimum absolute atomic E-state index is 0.222. The van der Waals surface area contributed by atoms with Crippen LogP contribution in [0.2, 0.25) is 0 Å². The average molecular weight is 282 g/mol. The first-order valence-electron chi connectivity index (χ1n) is 7.12. The number of hydrogen-bond donors (Lipinski definition) is 1. The molecule has 0 amide bonds. The summed E-state index contributed by atoms with van der Waals surface area (Å²) in [5.41, 5.74) is 1.14. The second-order valence-electron chi connectivity index (χ2n) is 5.77. The lowest BCUT2D eigenvalue weighted by atomic mass is 9.95. The van der Waals surface area contributed by atoms with Gasteiger partial charge < -0.3 is 10.1 Å². The lowest BCUT2D eigenvalue weighted by Gasteiger charge is -2.24. The molecule has 0 aromatic heterocycles. The van der Waals surface area contributed by atoms with Gasteiger partial charge in [-0.25, -0.2) is 0 Å². The maximum atomic E-state index is 12.1. The van der Waals surface area contributed by atoms with Crippen molar-refractivity contribution in [3.63, 3.8) is 0 Å². The fourth-order valence-electron chi connectivity index (χ4n) is 3.48. The quantitative estimate of drug-likeness (QED) is 0.917. The van der Waals surface area contributed by atoms with Crippen molar-refractivity contribution in [1.82, 2.24) is 10.2 Å². The van der Waals surface area contributed by atoms with Crippen LogP contribution in [0.1, 0.15) is 12.5 Å². The third-order valence-corrected chi connectivity index (χ3v) is 4.59. The van der Waals surface area contributed by atoms with Crippen molar-refractivity contribution in [3.8, 4) is 5.75 Å². The van der Waals surface area contributed by atoms with Gasteiger partial charge in [-0.1, -0.05) is 12.1 Å². The number of alkyl halides is 2. The summed E-state index contributed by atoms with van der Waals surface area (Å²) in [5.74, 6) is 1.72. The molecule has 3 rings (SSSR count). The van der Waals surface area contributed by atoms with E-state index in [1.54, 1.807) is 12.1 Å². The topological polar surface area (TPSA) is 24.5 Å². The van der Waals surface area contributed by atoms with E-state index >= 15 is 0 Å². The molecule has 1 aromatic carbocycles. The van der Waals surface area contributed by atoms with Crippen molar-refractivity contribution in [1.29, 1.82) is 0 Å². The molecule has 2 aliphatic heterocycles. The summed E-state index contributed by atoms with van der Waals surface area (Å²) < 4.78 is 28.6. The summed E-state index contributed by atoms with van der Waals surface area (Å²) in [6, 6.07) is 7.55. The molecule has 3 unspecified atom stereocenters. The van der Waals surface area contributed by atoms with Gasteiger partial charge in [0, 0.05) is 19.1 Å². The van der Waals surface area contributed by atoms with Crippen LogP contribution in [0, 0.1) is 11.8 Å². The summed E-state index contributed by atoms with van der Waals surface area (Å²) in [4.78, 5) is 2.49. The highest BCUT2D eigenvalue weighted by molar-refractivity contribution is 5.27. The molecule has 2 heterocycles. The van der Waals surface area contributed by atoms with Crippen LogP contribution in [0.25, 0.3) is 0 Å². The molecule has 2 aliphatic rings. The number of nitrogens with zero attached hydrogens (tertiary/aromatic N) is 1. The number of nitrogens with one attached hydrogen (secondary N) is 1. The molecular weight excluding hydrogens is 262 g/mol. The zero-order valence-corrected chi connectivity index (χ0v) is 11.6. The van der Waals surface area contributed by atoms with Crippen LogP contribution >= 0.6 is 0 Å². The molecule has 3 atom stereocenters. The number of halogens is 2. The van der Waals surface area contributed by atoms with Crippen LogP contribution in [0.15, 0.2) is 24.3 Å². The highest BCUT2D eigenvalue weighted by atomic mass is 19.3.